The van der Waals surface area contributed by atoms with Gasteiger partial charge in [-0.25, -0.2) is 0 Å². The third kappa shape index (κ3) is 3.35. The zero-order valence-electron chi connectivity index (χ0n) is 11.1. The molecule has 20 heavy (non-hydrogen) atoms. The fourth-order valence-corrected chi connectivity index (χ4v) is 2.49. The summed E-state index contributed by atoms with van der Waals surface area (Å²) in [6.07, 6.45) is 2.58. The average Bonchev–Trinajstić information content (AvgIpc) is 3.00. The van der Waals surface area contributed by atoms with Gasteiger partial charge in [-0.05, 0) is 37.1 Å². The summed E-state index contributed by atoms with van der Waals surface area (Å²) in [6.45, 7) is 1.67. The maximum absolute atomic E-state index is 5.56. The highest BCUT2D eigenvalue weighted by Crippen LogP contribution is 2.20. The van der Waals surface area contributed by atoms with E-state index in [0.717, 1.165) is 47.5 Å². The molecule has 104 valence electrons. The molecule has 4 nitrogen and oxygen atoms in total. The first-order valence-electron chi connectivity index (χ1n) is 6.76. The second-order valence-electron chi connectivity index (χ2n) is 4.83. The lowest BCUT2D eigenvalue weighted by molar-refractivity contribution is 0.120. The van der Waals surface area contributed by atoms with Crippen molar-refractivity contribution in [1.82, 2.24) is 10.2 Å². The van der Waals surface area contributed by atoms with E-state index in [4.69, 9.17) is 4.74 Å². The Hall–Kier alpha value is -1.46. The molecule has 2 aromatic rings. The highest BCUT2D eigenvalue weighted by atomic mass is 79.9. The Kier molecular flexibility index (Phi) is 4.28. The van der Waals surface area contributed by atoms with Crippen molar-refractivity contribution < 1.29 is 4.74 Å². The van der Waals surface area contributed by atoms with Crippen LogP contribution in [0.5, 0.6) is 0 Å². The van der Waals surface area contributed by atoms with Crippen LogP contribution in [-0.2, 0) is 4.74 Å². The maximum atomic E-state index is 5.56. The number of hydrogen-bond donors (Lipinski definition) is 1. The third-order valence-corrected chi connectivity index (χ3v) is 3.87. The number of nitrogens with zero attached hydrogens (tertiary/aromatic N) is 2. The van der Waals surface area contributed by atoms with E-state index in [0.29, 0.717) is 6.10 Å². The van der Waals surface area contributed by atoms with Gasteiger partial charge in [0.15, 0.2) is 0 Å². The first-order chi connectivity index (χ1) is 9.81. The van der Waals surface area contributed by atoms with E-state index in [1.165, 1.54) is 0 Å². The van der Waals surface area contributed by atoms with Crippen LogP contribution in [-0.4, -0.2) is 29.5 Å². The predicted molar refractivity (Wildman–Crippen MR) is 82.6 cm³/mol. The summed E-state index contributed by atoms with van der Waals surface area (Å²) in [5.74, 6) is 0.793. The molecule has 0 bridgehead atoms. The lowest BCUT2D eigenvalue weighted by Crippen LogP contribution is -2.19. The summed E-state index contributed by atoms with van der Waals surface area (Å²) in [7, 11) is 0. The van der Waals surface area contributed by atoms with Crippen LogP contribution in [0.25, 0.3) is 11.3 Å². The van der Waals surface area contributed by atoms with Crippen molar-refractivity contribution in [1.29, 1.82) is 0 Å². The molecule has 2 heterocycles. The molecule has 3 rings (SSSR count). The van der Waals surface area contributed by atoms with Crippen molar-refractivity contribution in [2.24, 2.45) is 0 Å². The number of benzene rings is 1. The van der Waals surface area contributed by atoms with E-state index < -0.39 is 0 Å². The zero-order chi connectivity index (χ0) is 13.8. The molecule has 0 amide bonds. The lowest BCUT2D eigenvalue weighted by atomic mass is 10.1. The molecule has 0 unspecified atom stereocenters. The topological polar surface area (TPSA) is 47.0 Å². The third-order valence-electron chi connectivity index (χ3n) is 3.34. The number of ether oxygens (including phenoxy) is 1. The first kappa shape index (κ1) is 13.5. The minimum atomic E-state index is 0.308. The van der Waals surface area contributed by atoms with Crippen LogP contribution in [0.15, 0.2) is 40.9 Å². The van der Waals surface area contributed by atoms with Gasteiger partial charge in [0.2, 0.25) is 0 Å². The summed E-state index contributed by atoms with van der Waals surface area (Å²) < 4.78 is 6.62. The molecule has 0 spiro atoms. The van der Waals surface area contributed by atoms with Gasteiger partial charge in [-0.2, -0.15) is 0 Å². The Morgan fingerprint density at radius 2 is 2.00 bits per heavy atom. The van der Waals surface area contributed by atoms with Crippen molar-refractivity contribution in [3.63, 3.8) is 0 Å². The molecular weight excluding hydrogens is 318 g/mol. The molecule has 5 heteroatoms. The maximum Gasteiger partial charge on any atom is 0.148 e. The van der Waals surface area contributed by atoms with Gasteiger partial charge in [-0.1, -0.05) is 28.1 Å². The van der Waals surface area contributed by atoms with Gasteiger partial charge in [0.25, 0.3) is 0 Å². The van der Waals surface area contributed by atoms with Gasteiger partial charge >= 0.3 is 0 Å². The predicted octanol–water partition coefficient (Wildman–Crippen LogP) is 3.50. The van der Waals surface area contributed by atoms with Crippen LogP contribution in [0, 0.1) is 0 Å². The van der Waals surface area contributed by atoms with Crippen molar-refractivity contribution >= 4 is 21.7 Å². The number of aromatic nitrogens is 2. The number of rotatable bonds is 4. The normalized spacial score (nSPS) is 18.1. The Morgan fingerprint density at radius 3 is 2.65 bits per heavy atom. The van der Waals surface area contributed by atoms with Crippen LogP contribution in [0.3, 0.4) is 0 Å². The van der Waals surface area contributed by atoms with E-state index in [-0.39, 0.29) is 0 Å². The fourth-order valence-electron chi connectivity index (χ4n) is 2.22. The summed E-state index contributed by atoms with van der Waals surface area (Å²) >= 11 is 3.42. The van der Waals surface area contributed by atoms with Crippen molar-refractivity contribution in [3.05, 3.63) is 40.9 Å². The number of hydrogen-bond acceptors (Lipinski definition) is 4. The monoisotopic (exact) mass is 333 g/mol. The molecule has 0 aliphatic carbocycles. The molecule has 0 radical (unpaired) electrons. The van der Waals surface area contributed by atoms with Crippen LogP contribution in [0.1, 0.15) is 12.8 Å². The number of nitrogens with one attached hydrogen (secondary N) is 1. The molecule has 1 aromatic heterocycles. The smallest absolute Gasteiger partial charge is 0.148 e. The summed E-state index contributed by atoms with van der Waals surface area (Å²) in [4.78, 5) is 0. The molecule has 1 saturated heterocycles. The summed E-state index contributed by atoms with van der Waals surface area (Å²) in [5.41, 5.74) is 1.94. The second kappa shape index (κ2) is 6.33. The molecular formula is C15H16BrN3O. The largest absolute Gasteiger partial charge is 0.376 e. The zero-order valence-corrected chi connectivity index (χ0v) is 12.6. The Balaban J connectivity index is 1.63. The molecule has 0 saturated carbocycles. The highest BCUT2D eigenvalue weighted by Gasteiger charge is 2.15. The molecule has 1 N–H and O–H groups in total. The van der Waals surface area contributed by atoms with E-state index in [1.807, 2.05) is 36.4 Å². The molecule has 1 aromatic carbocycles. The van der Waals surface area contributed by atoms with Crippen molar-refractivity contribution in [2.75, 3.05) is 18.5 Å². The van der Waals surface area contributed by atoms with Gasteiger partial charge < -0.3 is 10.1 Å². The van der Waals surface area contributed by atoms with Crippen molar-refractivity contribution in [2.45, 2.75) is 18.9 Å². The quantitative estimate of drug-likeness (QED) is 0.930. The molecule has 1 aliphatic rings. The minimum Gasteiger partial charge on any atom is -0.376 e. The Bertz CT molecular complexity index is 550. The van der Waals surface area contributed by atoms with Gasteiger partial charge in [0.05, 0.1) is 11.8 Å². The molecule has 1 atom stereocenters. The van der Waals surface area contributed by atoms with Crippen LogP contribution in [0.4, 0.5) is 5.82 Å². The first-order valence-corrected chi connectivity index (χ1v) is 7.56. The van der Waals surface area contributed by atoms with E-state index in [2.05, 4.69) is 31.4 Å². The summed E-state index contributed by atoms with van der Waals surface area (Å²) in [6, 6.07) is 12.0. The highest BCUT2D eigenvalue weighted by molar-refractivity contribution is 9.10. The van der Waals surface area contributed by atoms with Gasteiger partial charge in [0.1, 0.15) is 5.82 Å². The standard InChI is InChI=1S/C15H16BrN3O/c16-12-5-3-11(4-6-12)14-7-8-15(19-18-14)17-10-13-2-1-9-20-13/h3-8,13H,1-2,9-10H2,(H,17,19)/t13-/m1/s1. The minimum absolute atomic E-state index is 0.308. The van der Waals surface area contributed by atoms with Gasteiger partial charge in [-0.3, -0.25) is 0 Å². The SMILES string of the molecule is Brc1ccc(-c2ccc(NC[C@H]3CCCO3)nn2)cc1. The van der Waals surface area contributed by atoms with Crippen LogP contribution >= 0.6 is 15.9 Å². The van der Waals surface area contributed by atoms with Crippen LogP contribution < -0.4 is 5.32 Å². The Morgan fingerprint density at radius 1 is 1.15 bits per heavy atom. The van der Waals surface area contributed by atoms with Crippen LogP contribution in [0.2, 0.25) is 0 Å². The second-order valence-corrected chi connectivity index (χ2v) is 5.74. The van der Waals surface area contributed by atoms with Crippen molar-refractivity contribution in [3.8, 4) is 11.3 Å². The van der Waals surface area contributed by atoms with Gasteiger partial charge in [0, 0.05) is 23.2 Å². The summed E-state index contributed by atoms with van der Waals surface area (Å²) in [5, 5.41) is 11.7. The number of anilines is 1. The molecule has 1 fully saturated rings. The fraction of sp³-hybridized carbons (Fsp3) is 0.333. The average molecular weight is 334 g/mol. The van der Waals surface area contributed by atoms with E-state index in [1.54, 1.807) is 0 Å². The van der Waals surface area contributed by atoms with E-state index >= 15 is 0 Å². The van der Waals surface area contributed by atoms with E-state index in [9.17, 15) is 0 Å². The van der Waals surface area contributed by atoms with Gasteiger partial charge in [-0.15, -0.1) is 10.2 Å². The Labute approximate surface area is 126 Å². The number of halogens is 1. The molecule has 1 aliphatic heterocycles. The lowest BCUT2D eigenvalue weighted by Gasteiger charge is -2.10.